The van der Waals surface area contributed by atoms with Gasteiger partial charge in [-0.25, -0.2) is 0 Å². The molecule has 84 valence electrons. The van der Waals surface area contributed by atoms with Crippen LogP contribution in [0.3, 0.4) is 0 Å². The molecule has 4 nitrogen and oxygen atoms in total. The molecule has 0 unspecified atom stereocenters. The number of nitrogens with zero attached hydrogens (tertiary/aromatic N) is 1. The van der Waals surface area contributed by atoms with Crippen molar-refractivity contribution in [3.63, 3.8) is 0 Å². The van der Waals surface area contributed by atoms with Crippen LogP contribution < -0.4 is 10.1 Å². The largest absolute Gasteiger partial charge is 0.497 e. The van der Waals surface area contributed by atoms with Crippen LogP contribution in [0, 0.1) is 0 Å². The number of hydrogen-bond donors (Lipinski definition) is 2. The number of nitrogens with one attached hydrogen (secondary N) is 2. The summed E-state index contributed by atoms with van der Waals surface area (Å²) in [6.45, 7) is 0.779. The van der Waals surface area contributed by atoms with Crippen molar-refractivity contribution in [1.29, 1.82) is 0 Å². The van der Waals surface area contributed by atoms with Crippen LogP contribution in [0.5, 0.6) is 5.75 Å². The molecule has 0 aliphatic rings. The predicted octanol–water partition coefficient (Wildman–Crippen LogP) is 1.80. The molecule has 0 fully saturated rings. The van der Waals surface area contributed by atoms with Gasteiger partial charge in [-0.15, -0.1) is 0 Å². The molecule has 0 radical (unpaired) electrons. The van der Waals surface area contributed by atoms with Crippen molar-refractivity contribution in [3.8, 4) is 16.9 Å². The fraction of sp³-hybridized carbons (Fsp3) is 0.250. The molecule has 2 rings (SSSR count). The summed E-state index contributed by atoms with van der Waals surface area (Å²) in [5, 5.41) is 10.2. The monoisotopic (exact) mass is 217 g/mol. The Morgan fingerprint density at radius 3 is 2.69 bits per heavy atom. The number of aromatic nitrogens is 2. The van der Waals surface area contributed by atoms with Gasteiger partial charge in [0.15, 0.2) is 0 Å². The molecule has 2 N–H and O–H groups in total. The van der Waals surface area contributed by atoms with E-state index in [4.69, 9.17) is 4.74 Å². The highest BCUT2D eigenvalue weighted by Crippen LogP contribution is 2.24. The average Bonchev–Trinajstić information content (AvgIpc) is 2.78. The zero-order valence-corrected chi connectivity index (χ0v) is 9.45. The maximum Gasteiger partial charge on any atom is 0.118 e. The molecule has 4 heteroatoms. The first kappa shape index (κ1) is 10.7. The lowest BCUT2D eigenvalue weighted by molar-refractivity contribution is 0.415. The van der Waals surface area contributed by atoms with Crippen LogP contribution in [0.4, 0.5) is 0 Å². The van der Waals surface area contributed by atoms with E-state index in [-0.39, 0.29) is 0 Å². The summed E-state index contributed by atoms with van der Waals surface area (Å²) < 4.78 is 5.13. The van der Waals surface area contributed by atoms with E-state index >= 15 is 0 Å². The topological polar surface area (TPSA) is 49.9 Å². The number of ether oxygens (including phenoxy) is 1. The highest BCUT2D eigenvalue weighted by molar-refractivity contribution is 5.65. The molecule has 0 saturated carbocycles. The lowest BCUT2D eigenvalue weighted by atomic mass is 10.1. The number of methoxy groups -OCH3 is 1. The van der Waals surface area contributed by atoms with E-state index < -0.39 is 0 Å². The van der Waals surface area contributed by atoms with Gasteiger partial charge in [0.2, 0.25) is 0 Å². The highest BCUT2D eigenvalue weighted by Gasteiger charge is 2.06. The van der Waals surface area contributed by atoms with E-state index in [1.54, 1.807) is 7.11 Å². The van der Waals surface area contributed by atoms with Crippen molar-refractivity contribution in [2.75, 3.05) is 14.2 Å². The van der Waals surface area contributed by atoms with Crippen LogP contribution >= 0.6 is 0 Å². The smallest absolute Gasteiger partial charge is 0.118 e. The summed E-state index contributed by atoms with van der Waals surface area (Å²) in [4.78, 5) is 0. The maximum absolute atomic E-state index is 5.13. The molecular weight excluding hydrogens is 202 g/mol. The van der Waals surface area contributed by atoms with Crippen molar-refractivity contribution in [3.05, 3.63) is 36.2 Å². The van der Waals surface area contributed by atoms with Crippen molar-refractivity contribution in [1.82, 2.24) is 15.5 Å². The quantitative estimate of drug-likeness (QED) is 0.821. The molecule has 0 spiro atoms. The third kappa shape index (κ3) is 2.06. The summed E-state index contributed by atoms with van der Waals surface area (Å²) in [7, 11) is 3.58. The molecule has 2 aromatic rings. The van der Waals surface area contributed by atoms with Crippen molar-refractivity contribution >= 4 is 0 Å². The SMILES string of the molecule is CNCc1[nH]ncc1-c1ccc(OC)cc1. The van der Waals surface area contributed by atoms with Crippen LogP contribution in [-0.2, 0) is 6.54 Å². The second-order valence-electron chi connectivity index (χ2n) is 3.52. The molecule has 16 heavy (non-hydrogen) atoms. The van der Waals surface area contributed by atoms with Crippen LogP contribution in [0.2, 0.25) is 0 Å². The van der Waals surface area contributed by atoms with E-state index in [0.29, 0.717) is 0 Å². The minimum atomic E-state index is 0.779. The third-order valence-corrected chi connectivity index (χ3v) is 2.47. The molecule has 1 aromatic carbocycles. The normalized spacial score (nSPS) is 10.4. The van der Waals surface area contributed by atoms with Crippen LogP contribution in [0.15, 0.2) is 30.5 Å². The Bertz CT molecular complexity index is 448. The van der Waals surface area contributed by atoms with Gasteiger partial charge >= 0.3 is 0 Å². The number of hydrogen-bond acceptors (Lipinski definition) is 3. The van der Waals surface area contributed by atoms with Gasteiger partial charge < -0.3 is 10.1 Å². The predicted molar refractivity (Wildman–Crippen MR) is 63.3 cm³/mol. The summed E-state index contributed by atoms with van der Waals surface area (Å²) >= 11 is 0. The molecule has 0 saturated heterocycles. The first-order chi connectivity index (χ1) is 7.85. The molecule has 0 atom stereocenters. The van der Waals surface area contributed by atoms with Gasteiger partial charge in [-0.05, 0) is 24.7 Å². The van der Waals surface area contributed by atoms with E-state index in [9.17, 15) is 0 Å². The van der Waals surface area contributed by atoms with Gasteiger partial charge in [-0.2, -0.15) is 5.10 Å². The minimum Gasteiger partial charge on any atom is -0.497 e. The second kappa shape index (κ2) is 4.81. The van der Waals surface area contributed by atoms with Crippen molar-refractivity contribution in [2.45, 2.75) is 6.54 Å². The molecule has 0 aliphatic heterocycles. The zero-order chi connectivity index (χ0) is 11.4. The van der Waals surface area contributed by atoms with Crippen LogP contribution in [-0.4, -0.2) is 24.4 Å². The Kier molecular flexibility index (Phi) is 3.22. The van der Waals surface area contributed by atoms with Gasteiger partial charge in [0.25, 0.3) is 0 Å². The summed E-state index contributed by atoms with van der Waals surface area (Å²) in [6, 6.07) is 7.96. The Balaban J connectivity index is 2.31. The maximum atomic E-state index is 5.13. The minimum absolute atomic E-state index is 0.779. The highest BCUT2D eigenvalue weighted by atomic mass is 16.5. The van der Waals surface area contributed by atoms with E-state index in [1.165, 1.54) is 0 Å². The number of aromatic amines is 1. The van der Waals surface area contributed by atoms with Crippen molar-refractivity contribution in [2.24, 2.45) is 0 Å². The Morgan fingerprint density at radius 2 is 2.06 bits per heavy atom. The van der Waals surface area contributed by atoms with Gasteiger partial charge in [-0.1, -0.05) is 12.1 Å². The van der Waals surface area contributed by atoms with E-state index in [1.807, 2.05) is 37.5 Å². The zero-order valence-electron chi connectivity index (χ0n) is 9.45. The second-order valence-corrected chi connectivity index (χ2v) is 3.52. The molecular formula is C12H15N3O. The summed E-state index contributed by atoms with van der Waals surface area (Å²) in [5.41, 5.74) is 3.35. The Hall–Kier alpha value is -1.81. The fourth-order valence-electron chi connectivity index (χ4n) is 1.64. The average molecular weight is 217 g/mol. The first-order valence-electron chi connectivity index (χ1n) is 5.16. The van der Waals surface area contributed by atoms with Gasteiger partial charge in [0.05, 0.1) is 19.0 Å². The molecule has 0 aliphatic carbocycles. The standard InChI is InChI=1S/C12H15N3O/c1-13-8-12-11(7-14-15-12)9-3-5-10(16-2)6-4-9/h3-7,13H,8H2,1-2H3,(H,14,15). The lowest BCUT2D eigenvalue weighted by Crippen LogP contribution is -2.06. The van der Waals surface area contributed by atoms with Crippen molar-refractivity contribution < 1.29 is 4.74 Å². The fourth-order valence-corrected chi connectivity index (χ4v) is 1.64. The van der Waals surface area contributed by atoms with Crippen LogP contribution in [0.1, 0.15) is 5.69 Å². The Morgan fingerprint density at radius 1 is 1.31 bits per heavy atom. The summed E-state index contributed by atoms with van der Waals surface area (Å²) in [6.07, 6.45) is 1.84. The number of H-pyrrole nitrogens is 1. The van der Waals surface area contributed by atoms with E-state index in [0.717, 1.165) is 29.1 Å². The molecule has 0 bridgehead atoms. The van der Waals surface area contributed by atoms with Crippen LogP contribution in [0.25, 0.3) is 11.1 Å². The molecule has 1 heterocycles. The lowest BCUT2D eigenvalue weighted by Gasteiger charge is -2.04. The molecule has 1 aromatic heterocycles. The van der Waals surface area contributed by atoms with Gasteiger partial charge in [0, 0.05) is 12.1 Å². The first-order valence-corrected chi connectivity index (χ1v) is 5.16. The van der Waals surface area contributed by atoms with E-state index in [2.05, 4.69) is 15.5 Å². The van der Waals surface area contributed by atoms with Gasteiger partial charge in [0.1, 0.15) is 5.75 Å². The molecule has 0 amide bonds. The number of benzene rings is 1. The van der Waals surface area contributed by atoms with Gasteiger partial charge in [-0.3, -0.25) is 5.10 Å². The number of rotatable bonds is 4. The summed E-state index contributed by atoms with van der Waals surface area (Å²) in [5.74, 6) is 0.863. The Labute approximate surface area is 94.6 Å². The third-order valence-electron chi connectivity index (χ3n) is 2.47.